The molecule has 6 nitrogen and oxygen atoms in total. The summed E-state index contributed by atoms with van der Waals surface area (Å²) in [6, 6.07) is 8.16. The number of nitrogens with zero attached hydrogens (tertiary/aromatic N) is 2. The normalized spacial score (nSPS) is 28.7. The molecular weight excluding hydrogens is 449 g/mol. The second-order valence-electron chi connectivity index (χ2n) is 9.93. The van der Waals surface area contributed by atoms with Crippen molar-refractivity contribution < 1.29 is 9.13 Å². The van der Waals surface area contributed by atoms with Gasteiger partial charge in [0.25, 0.3) is 0 Å². The summed E-state index contributed by atoms with van der Waals surface area (Å²) in [4.78, 5) is 2.24. The van der Waals surface area contributed by atoms with Crippen LogP contribution in [-0.2, 0) is 4.74 Å². The van der Waals surface area contributed by atoms with Crippen molar-refractivity contribution in [3.05, 3.63) is 59.8 Å². The molecule has 0 amide bonds. The Kier molecular flexibility index (Phi) is 9.17. The van der Waals surface area contributed by atoms with Crippen molar-refractivity contribution in [2.45, 2.75) is 69.1 Å². The van der Waals surface area contributed by atoms with Crippen molar-refractivity contribution >= 4 is 12.1 Å². The maximum Gasteiger partial charge on any atom is 0.123 e. The molecule has 4 rings (SSSR count). The van der Waals surface area contributed by atoms with Gasteiger partial charge in [0.05, 0.1) is 18.5 Å². The van der Waals surface area contributed by atoms with Gasteiger partial charge < -0.3 is 21.1 Å². The first kappa shape index (κ1) is 25.4. The van der Waals surface area contributed by atoms with Crippen LogP contribution in [0, 0.1) is 11.7 Å². The molecule has 1 aliphatic heterocycles. The topological polar surface area (TPSA) is 79.8 Å². The summed E-state index contributed by atoms with van der Waals surface area (Å²) in [5.41, 5.74) is 12.9. The third-order valence-electron chi connectivity index (χ3n) is 7.43. The van der Waals surface area contributed by atoms with E-state index in [2.05, 4.69) is 27.0 Å². The number of ether oxygens (including phenoxy) is 1. The van der Waals surface area contributed by atoms with Gasteiger partial charge in [-0.1, -0.05) is 12.1 Å². The van der Waals surface area contributed by atoms with Crippen LogP contribution < -0.4 is 16.2 Å². The molecule has 0 spiro atoms. The monoisotopic (exact) mass is 489 g/mol. The highest BCUT2D eigenvalue weighted by atomic mass is 32.2. The van der Waals surface area contributed by atoms with Crippen LogP contribution in [0.15, 0.2) is 48.4 Å². The van der Waals surface area contributed by atoms with Crippen LogP contribution in [0.4, 0.5) is 4.39 Å². The SMILES string of the molecule is CN(SNC1CCN(/C(N)=C/C=C\N)CC1CO[C@H]1CC[C@@H](c2cccc(F)c2)CC1)C1CC1. The Morgan fingerprint density at radius 1 is 1.24 bits per heavy atom. The van der Waals surface area contributed by atoms with E-state index in [1.54, 1.807) is 24.3 Å². The lowest BCUT2D eigenvalue weighted by molar-refractivity contribution is -0.0135. The van der Waals surface area contributed by atoms with Gasteiger partial charge in [0.2, 0.25) is 0 Å². The molecule has 5 N–H and O–H groups in total. The Labute approximate surface area is 208 Å². The summed E-state index contributed by atoms with van der Waals surface area (Å²) in [6.07, 6.45) is 13.2. The van der Waals surface area contributed by atoms with Crippen LogP contribution >= 0.6 is 12.1 Å². The summed E-state index contributed by atoms with van der Waals surface area (Å²) in [5, 5.41) is 0. The van der Waals surface area contributed by atoms with E-state index in [1.807, 2.05) is 12.1 Å². The first-order chi connectivity index (χ1) is 16.5. The summed E-state index contributed by atoms with van der Waals surface area (Å²) < 4.78 is 26.2. The highest BCUT2D eigenvalue weighted by molar-refractivity contribution is 7.95. The number of hydrogen-bond donors (Lipinski definition) is 3. The van der Waals surface area contributed by atoms with E-state index < -0.39 is 0 Å². The largest absolute Gasteiger partial charge is 0.405 e. The predicted octanol–water partition coefficient (Wildman–Crippen LogP) is 4.08. The van der Waals surface area contributed by atoms with Gasteiger partial charge in [-0.05, 0) is 94.0 Å². The molecule has 1 aromatic rings. The van der Waals surface area contributed by atoms with Crippen molar-refractivity contribution in [2.75, 3.05) is 26.7 Å². The van der Waals surface area contributed by atoms with Crippen molar-refractivity contribution in [3.8, 4) is 0 Å². The van der Waals surface area contributed by atoms with E-state index in [1.165, 1.54) is 25.1 Å². The number of halogens is 1. The van der Waals surface area contributed by atoms with Crippen molar-refractivity contribution in [3.63, 3.8) is 0 Å². The maximum atomic E-state index is 13.6. The zero-order valence-electron chi connectivity index (χ0n) is 20.2. The summed E-state index contributed by atoms with van der Waals surface area (Å²) in [5.74, 6) is 1.40. The van der Waals surface area contributed by atoms with E-state index in [0.717, 1.165) is 63.2 Å². The van der Waals surface area contributed by atoms with Gasteiger partial charge in [0.15, 0.2) is 0 Å². The number of nitrogens with one attached hydrogen (secondary N) is 1. The Morgan fingerprint density at radius 3 is 2.74 bits per heavy atom. The summed E-state index contributed by atoms with van der Waals surface area (Å²) >= 11 is 1.75. The van der Waals surface area contributed by atoms with Gasteiger partial charge in [-0.2, -0.15) is 0 Å². The van der Waals surface area contributed by atoms with E-state index in [4.69, 9.17) is 16.2 Å². The Bertz CT molecular complexity index is 840. The number of rotatable bonds is 10. The second kappa shape index (κ2) is 12.3. The molecule has 188 valence electrons. The van der Waals surface area contributed by atoms with E-state index in [9.17, 15) is 4.39 Å². The van der Waals surface area contributed by atoms with Crippen LogP contribution in [0.3, 0.4) is 0 Å². The zero-order valence-corrected chi connectivity index (χ0v) is 21.1. The highest BCUT2D eigenvalue weighted by Crippen LogP contribution is 2.35. The average Bonchev–Trinajstić information content (AvgIpc) is 3.71. The zero-order chi connectivity index (χ0) is 23.9. The standard InChI is InChI=1S/C26H40FN5OS/c1-31(23-9-10-23)34-30-25-13-15-32(26(29)6-3-14-28)17-21(25)18-33-24-11-7-19(8-12-24)20-4-2-5-22(27)16-20/h2-6,14,16,19,21,23-25,30H,7-13,15,17-18,28-29H2,1H3/b14-3-,26-6+/t19-,21?,24+,25?. The first-order valence-electron chi connectivity index (χ1n) is 12.6. The molecule has 0 bridgehead atoms. The van der Waals surface area contributed by atoms with Gasteiger partial charge in [-0.25, -0.2) is 13.4 Å². The van der Waals surface area contributed by atoms with E-state index in [-0.39, 0.29) is 11.9 Å². The summed E-state index contributed by atoms with van der Waals surface area (Å²) in [6.45, 7) is 2.50. The van der Waals surface area contributed by atoms with Crippen LogP contribution in [0.5, 0.6) is 0 Å². The Hall–Kier alpha value is -1.74. The molecule has 1 heterocycles. The number of piperidine rings is 1. The first-order valence-corrected chi connectivity index (χ1v) is 13.4. The minimum Gasteiger partial charge on any atom is -0.405 e. The van der Waals surface area contributed by atoms with Crippen LogP contribution in [0.1, 0.15) is 56.4 Å². The smallest absolute Gasteiger partial charge is 0.123 e. The van der Waals surface area contributed by atoms with Crippen LogP contribution in [0.2, 0.25) is 0 Å². The molecule has 2 aliphatic carbocycles. The van der Waals surface area contributed by atoms with Crippen molar-refractivity contribution in [2.24, 2.45) is 17.4 Å². The van der Waals surface area contributed by atoms with Gasteiger partial charge in [0.1, 0.15) is 5.82 Å². The third kappa shape index (κ3) is 7.13. The molecule has 8 heteroatoms. The molecule has 2 atom stereocenters. The van der Waals surface area contributed by atoms with Gasteiger partial charge in [-0.15, -0.1) is 0 Å². The molecule has 0 radical (unpaired) electrons. The van der Waals surface area contributed by atoms with Gasteiger partial charge in [-0.3, -0.25) is 0 Å². The van der Waals surface area contributed by atoms with Crippen molar-refractivity contribution in [1.82, 2.24) is 13.9 Å². The van der Waals surface area contributed by atoms with Crippen LogP contribution in [-0.4, -0.2) is 54.1 Å². The molecule has 2 saturated carbocycles. The molecular formula is C26H40FN5OS. The minimum absolute atomic E-state index is 0.142. The Balaban J connectivity index is 1.30. The number of allylic oxidation sites excluding steroid dienone is 2. The highest BCUT2D eigenvalue weighted by Gasteiger charge is 2.33. The average molecular weight is 490 g/mol. The quantitative estimate of drug-likeness (QED) is 0.338. The molecule has 3 aliphatic rings. The van der Waals surface area contributed by atoms with Gasteiger partial charge >= 0.3 is 0 Å². The fraction of sp³-hybridized carbons (Fsp3) is 0.615. The number of nitrogens with two attached hydrogens (primary N) is 2. The van der Waals surface area contributed by atoms with E-state index >= 15 is 0 Å². The summed E-state index contributed by atoms with van der Waals surface area (Å²) in [7, 11) is 2.17. The lowest BCUT2D eigenvalue weighted by atomic mass is 9.82. The van der Waals surface area contributed by atoms with E-state index in [0.29, 0.717) is 23.9 Å². The number of likely N-dealkylation sites (tertiary alicyclic amines) is 1. The lowest BCUT2D eigenvalue weighted by Gasteiger charge is -2.41. The second-order valence-corrected chi connectivity index (χ2v) is 10.9. The Morgan fingerprint density at radius 2 is 2.03 bits per heavy atom. The third-order valence-corrected chi connectivity index (χ3v) is 8.42. The molecule has 3 fully saturated rings. The maximum absolute atomic E-state index is 13.6. The lowest BCUT2D eigenvalue weighted by Crippen LogP contribution is -2.50. The minimum atomic E-state index is -0.142. The van der Waals surface area contributed by atoms with Crippen LogP contribution in [0.25, 0.3) is 0 Å². The molecule has 0 aromatic heterocycles. The molecule has 34 heavy (non-hydrogen) atoms. The fourth-order valence-corrected chi connectivity index (χ4v) is 6.07. The van der Waals surface area contributed by atoms with Gasteiger partial charge in [0, 0.05) is 43.2 Å². The molecule has 1 aromatic carbocycles. The fourth-order valence-electron chi connectivity index (χ4n) is 5.10. The number of benzene rings is 1. The number of hydrogen-bond acceptors (Lipinski definition) is 7. The van der Waals surface area contributed by atoms with Crippen molar-refractivity contribution in [1.29, 1.82) is 0 Å². The predicted molar refractivity (Wildman–Crippen MR) is 138 cm³/mol. The molecule has 2 unspecified atom stereocenters. The molecule has 1 saturated heterocycles.